The zero-order chi connectivity index (χ0) is 31.3. The van der Waals surface area contributed by atoms with E-state index in [1.165, 1.54) is 13.8 Å². The molecule has 0 bridgehead atoms. The van der Waals surface area contributed by atoms with Gasteiger partial charge in [-0.25, -0.2) is 12.8 Å². The Bertz CT molecular complexity index is 1500. The average Bonchev–Trinajstić information content (AvgIpc) is 2.81. The molecule has 1 amide bonds. The third-order valence-electron chi connectivity index (χ3n) is 6.44. The zero-order valence-electron chi connectivity index (χ0n) is 21.9. The first kappa shape index (κ1) is 31.8. The SMILES string of the molecule is CC(C)(C#N)C[C@@H]1CN(S(=O)(=O)c2ccc(F)c(C(F)(F)F)c2)c2cc(N(C(=O)[O-])C(C)(C)C(F)(F)F)ccc2O1. The number of halogens is 7. The molecule has 1 heterocycles. The summed E-state index contributed by atoms with van der Waals surface area (Å²) in [6.07, 6.45) is -13.8. The minimum atomic E-state index is -5.26. The van der Waals surface area contributed by atoms with Crippen LogP contribution in [0.25, 0.3) is 0 Å². The number of alkyl halides is 6. The molecule has 2 aromatic carbocycles. The highest BCUT2D eigenvalue weighted by atomic mass is 32.2. The van der Waals surface area contributed by atoms with Crippen LogP contribution in [0.15, 0.2) is 41.3 Å². The van der Waals surface area contributed by atoms with Gasteiger partial charge in [-0.15, -0.1) is 0 Å². The molecule has 1 aliphatic heterocycles. The monoisotopic (exact) mass is 610 g/mol. The van der Waals surface area contributed by atoms with Crippen molar-refractivity contribution >= 4 is 27.5 Å². The lowest BCUT2D eigenvalue weighted by molar-refractivity contribution is -0.254. The van der Waals surface area contributed by atoms with E-state index in [-0.39, 0.29) is 23.1 Å². The quantitative estimate of drug-likeness (QED) is 0.414. The number of benzene rings is 2. The van der Waals surface area contributed by atoms with Crippen LogP contribution in [-0.2, 0) is 16.2 Å². The van der Waals surface area contributed by atoms with E-state index >= 15 is 0 Å². The van der Waals surface area contributed by atoms with Gasteiger partial charge in [-0.05, 0) is 64.1 Å². The van der Waals surface area contributed by atoms with Crippen molar-refractivity contribution in [2.75, 3.05) is 15.7 Å². The van der Waals surface area contributed by atoms with Crippen LogP contribution in [0.5, 0.6) is 5.75 Å². The predicted octanol–water partition coefficient (Wildman–Crippen LogP) is 5.23. The normalized spacial score (nSPS) is 16.4. The number of hydrogen-bond donors (Lipinski definition) is 0. The van der Waals surface area contributed by atoms with E-state index in [1.54, 1.807) is 0 Å². The Morgan fingerprint density at radius 2 is 1.71 bits per heavy atom. The maximum atomic E-state index is 13.9. The molecule has 0 aliphatic carbocycles. The molecule has 0 saturated heterocycles. The summed E-state index contributed by atoms with van der Waals surface area (Å²) in [6, 6.07) is 5.58. The summed E-state index contributed by atoms with van der Waals surface area (Å²) in [5.41, 5.74) is -7.19. The van der Waals surface area contributed by atoms with E-state index < -0.39 is 79.7 Å². The summed E-state index contributed by atoms with van der Waals surface area (Å²) in [5, 5.41) is 21.3. The molecule has 41 heavy (non-hydrogen) atoms. The molecule has 1 atom stereocenters. The Morgan fingerprint density at radius 3 is 2.22 bits per heavy atom. The first-order valence-electron chi connectivity index (χ1n) is 11.7. The van der Waals surface area contributed by atoms with Crippen LogP contribution >= 0.6 is 0 Å². The van der Waals surface area contributed by atoms with E-state index in [4.69, 9.17) is 4.74 Å². The molecule has 8 nitrogen and oxygen atoms in total. The first-order valence-corrected chi connectivity index (χ1v) is 13.2. The Morgan fingerprint density at radius 1 is 1.10 bits per heavy atom. The smallest absolute Gasteiger partial charge is 0.419 e. The molecule has 0 radical (unpaired) electrons. The highest BCUT2D eigenvalue weighted by Gasteiger charge is 2.52. The summed E-state index contributed by atoms with van der Waals surface area (Å²) in [6.45, 7) is 3.49. The summed E-state index contributed by atoms with van der Waals surface area (Å²) >= 11 is 0. The third kappa shape index (κ3) is 6.14. The van der Waals surface area contributed by atoms with E-state index in [1.807, 2.05) is 6.07 Å². The maximum absolute atomic E-state index is 13.9. The van der Waals surface area contributed by atoms with Gasteiger partial charge in [0.15, 0.2) is 0 Å². The van der Waals surface area contributed by atoms with Crippen molar-refractivity contribution in [2.24, 2.45) is 5.41 Å². The Hall–Kier alpha value is -3.74. The van der Waals surface area contributed by atoms with E-state index in [0.717, 1.165) is 18.2 Å². The van der Waals surface area contributed by atoms with Crippen LogP contribution in [-0.4, -0.2) is 38.9 Å². The lowest BCUT2D eigenvalue weighted by Gasteiger charge is -2.42. The van der Waals surface area contributed by atoms with Gasteiger partial charge in [0, 0.05) is 12.1 Å². The summed E-state index contributed by atoms with van der Waals surface area (Å²) in [5.74, 6) is -2.02. The van der Waals surface area contributed by atoms with Gasteiger partial charge in [-0.3, -0.25) is 4.31 Å². The van der Waals surface area contributed by atoms with Crippen molar-refractivity contribution in [3.8, 4) is 11.8 Å². The molecule has 224 valence electrons. The van der Waals surface area contributed by atoms with Crippen molar-refractivity contribution in [1.82, 2.24) is 0 Å². The van der Waals surface area contributed by atoms with Gasteiger partial charge in [0.2, 0.25) is 0 Å². The number of ether oxygens (including phenoxy) is 1. The predicted molar refractivity (Wildman–Crippen MR) is 129 cm³/mol. The third-order valence-corrected chi connectivity index (χ3v) is 8.22. The summed E-state index contributed by atoms with van der Waals surface area (Å²) < 4.78 is 129. The molecule has 0 unspecified atom stereocenters. The second-order valence-electron chi connectivity index (χ2n) is 10.4. The number of rotatable bonds is 6. The molecule has 0 aromatic heterocycles. The van der Waals surface area contributed by atoms with E-state index in [2.05, 4.69) is 0 Å². The number of nitriles is 1. The van der Waals surface area contributed by atoms with Crippen LogP contribution in [0, 0.1) is 22.6 Å². The van der Waals surface area contributed by atoms with Gasteiger partial charge in [-0.1, -0.05) is 0 Å². The van der Waals surface area contributed by atoms with Gasteiger partial charge in [-0.2, -0.15) is 31.6 Å². The fourth-order valence-electron chi connectivity index (χ4n) is 4.18. The Kier molecular flexibility index (Phi) is 7.96. The van der Waals surface area contributed by atoms with Crippen LogP contribution in [0.2, 0.25) is 0 Å². The van der Waals surface area contributed by atoms with E-state index in [0.29, 0.717) is 30.3 Å². The number of carboxylic acid groups (broad SMARTS) is 1. The van der Waals surface area contributed by atoms with Crippen LogP contribution in [0.3, 0.4) is 0 Å². The topological polar surface area (TPSA) is 114 Å². The second-order valence-corrected chi connectivity index (χ2v) is 12.3. The molecule has 1 aliphatic rings. The molecule has 0 saturated carbocycles. The second kappa shape index (κ2) is 10.3. The highest BCUT2D eigenvalue weighted by molar-refractivity contribution is 7.92. The lowest BCUT2D eigenvalue weighted by Crippen LogP contribution is -2.60. The molecular weight excluding hydrogens is 587 g/mol. The Labute approximate surface area is 230 Å². The van der Waals surface area contributed by atoms with Gasteiger partial charge < -0.3 is 19.5 Å². The zero-order valence-corrected chi connectivity index (χ0v) is 22.7. The van der Waals surface area contributed by atoms with Gasteiger partial charge >= 0.3 is 12.4 Å². The Balaban J connectivity index is 2.25. The van der Waals surface area contributed by atoms with Gasteiger partial charge in [0.05, 0.1) is 34.2 Å². The van der Waals surface area contributed by atoms with Crippen molar-refractivity contribution in [3.63, 3.8) is 0 Å². The molecular formula is C25H23F7N3O5S-. The van der Waals surface area contributed by atoms with E-state index in [9.17, 15) is 54.3 Å². The fraction of sp³-hybridized carbons (Fsp3) is 0.440. The van der Waals surface area contributed by atoms with Crippen LogP contribution in [0.4, 0.5) is 46.9 Å². The van der Waals surface area contributed by atoms with Crippen LogP contribution < -0.4 is 19.0 Å². The average molecular weight is 611 g/mol. The number of carbonyl (C=O) groups is 1. The maximum Gasteiger partial charge on any atom is 0.419 e. The first-order chi connectivity index (χ1) is 18.5. The molecule has 0 spiro atoms. The molecule has 3 rings (SSSR count). The number of carbonyl (C=O) groups excluding carboxylic acids is 1. The highest BCUT2D eigenvalue weighted by Crippen LogP contribution is 2.45. The number of sulfonamides is 1. The number of anilines is 2. The van der Waals surface area contributed by atoms with Crippen LogP contribution in [0.1, 0.15) is 39.7 Å². The number of hydrogen-bond acceptors (Lipinski definition) is 6. The van der Waals surface area contributed by atoms with Crippen molar-refractivity contribution in [1.29, 1.82) is 5.26 Å². The van der Waals surface area contributed by atoms with Gasteiger partial charge in [0.1, 0.15) is 29.3 Å². The standard InChI is InChI=1S/C25H24F7N3O5S/c1-22(2,13-33)11-15-12-34(41(38,39)16-6-7-18(26)17(10-16)24(27,28)29)19-9-14(5-8-20(19)40-15)35(21(36)37)23(3,4)25(30,31)32/h5-10,15H,11-12H2,1-4H3,(H,36,37)/p-1/t15-/m1/s1. The molecule has 0 fully saturated rings. The lowest BCUT2D eigenvalue weighted by atomic mass is 9.88. The number of fused-ring (bicyclic) bond motifs is 1. The summed E-state index contributed by atoms with van der Waals surface area (Å²) in [4.78, 5) is 10.7. The number of amides is 1. The molecule has 0 N–H and O–H groups in total. The number of nitrogens with zero attached hydrogens (tertiary/aromatic N) is 3. The van der Waals surface area contributed by atoms with Crippen molar-refractivity contribution < 1.29 is 53.8 Å². The van der Waals surface area contributed by atoms with Crippen molar-refractivity contribution in [3.05, 3.63) is 47.8 Å². The summed E-state index contributed by atoms with van der Waals surface area (Å²) in [7, 11) is -5.00. The fourth-order valence-corrected chi connectivity index (χ4v) is 5.71. The van der Waals surface area contributed by atoms with Gasteiger partial charge in [0.25, 0.3) is 10.0 Å². The minimum Gasteiger partial charge on any atom is -0.530 e. The molecule has 16 heteroatoms. The largest absolute Gasteiger partial charge is 0.530 e. The van der Waals surface area contributed by atoms with Crippen molar-refractivity contribution in [2.45, 2.75) is 63.0 Å². The minimum absolute atomic E-state index is 0.0676. The molecule has 2 aromatic rings.